The Balaban J connectivity index is 1.87. The van der Waals surface area contributed by atoms with Crippen molar-refractivity contribution in [2.45, 2.75) is 32.4 Å². The van der Waals surface area contributed by atoms with Crippen LogP contribution < -0.4 is 5.32 Å². The third-order valence-corrected chi connectivity index (χ3v) is 5.19. The van der Waals surface area contributed by atoms with E-state index in [1.165, 1.54) is 5.56 Å². The summed E-state index contributed by atoms with van der Waals surface area (Å²) in [6, 6.07) is 27.2. The first kappa shape index (κ1) is 21.8. The van der Waals surface area contributed by atoms with Gasteiger partial charge in [0.1, 0.15) is 6.04 Å². The molecule has 3 rings (SSSR count). The molecular formula is C26H30N2O2. The maximum absolute atomic E-state index is 13.4. The van der Waals surface area contributed by atoms with Crippen LogP contribution in [0, 0.1) is 0 Å². The van der Waals surface area contributed by atoms with Gasteiger partial charge in [0.2, 0.25) is 5.91 Å². The van der Waals surface area contributed by atoms with E-state index in [-0.39, 0.29) is 12.5 Å². The van der Waals surface area contributed by atoms with E-state index in [2.05, 4.69) is 19.2 Å². The van der Waals surface area contributed by atoms with Crippen molar-refractivity contribution < 1.29 is 9.90 Å². The van der Waals surface area contributed by atoms with Crippen molar-refractivity contribution >= 4 is 11.6 Å². The topological polar surface area (TPSA) is 52.6 Å². The van der Waals surface area contributed by atoms with E-state index < -0.39 is 6.04 Å². The number of carbonyl (C=O) groups is 1. The number of nitrogens with one attached hydrogen (secondary N) is 1. The molecule has 0 unspecified atom stereocenters. The lowest BCUT2D eigenvalue weighted by atomic mass is 10.0. The van der Waals surface area contributed by atoms with Crippen molar-refractivity contribution in [1.29, 1.82) is 0 Å². The molecule has 0 aliphatic carbocycles. The minimum absolute atomic E-state index is 0.0213. The van der Waals surface area contributed by atoms with Gasteiger partial charge < -0.3 is 10.4 Å². The van der Waals surface area contributed by atoms with E-state index in [4.69, 9.17) is 0 Å². The zero-order valence-corrected chi connectivity index (χ0v) is 17.7. The van der Waals surface area contributed by atoms with Crippen LogP contribution in [0.3, 0.4) is 0 Å². The van der Waals surface area contributed by atoms with E-state index in [1.54, 1.807) is 0 Å². The van der Waals surface area contributed by atoms with Gasteiger partial charge in [-0.05, 0) is 34.7 Å². The van der Waals surface area contributed by atoms with Crippen molar-refractivity contribution in [3.8, 4) is 0 Å². The van der Waals surface area contributed by atoms with Gasteiger partial charge >= 0.3 is 0 Å². The molecule has 0 saturated carbocycles. The van der Waals surface area contributed by atoms with Gasteiger partial charge in [-0.25, -0.2) is 0 Å². The van der Waals surface area contributed by atoms with Crippen molar-refractivity contribution in [1.82, 2.24) is 4.90 Å². The van der Waals surface area contributed by atoms with Gasteiger partial charge in [-0.1, -0.05) is 86.6 Å². The molecule has 0 aliphatic rings. The van der Waals surface area contributed by atoms with E-state index in [0.717, 1.165) is 16.8 Å². The van der Waals surface area contributed by atoms with E-state index >= 15 is 0 Å². The van der Waals surface area contributed by atoms with Crippen LogP contribution in [0.1, 0.15) is 42.5 Å². The van der Waals surface area contributed by atoms with Crippen LogP contribution in [0.5, 0.6) is 0 Å². The molecule has 1 atom stereocenters. The maximum atomic E-state index is 13.4. The molecule has 0 aromatic heterocycles. The van der Waals surface area contributed by atoms with Crippen molar-refractivity contribution in [2.24, 2.45) is 0 Å². The number of amides is 1. The lowest BCUT2D eigenvalue weighted by Gasteiger charge is -2.31. The number of benzene rings is 3. The fraction of sp³-hybridized carbons (Fsp3) is 0.269. The van der Waals surface area contributed by atoms with Crippen LogP contribution in [-0.4, -0.2) is 29.1 Å². The van der Waals surface area contributed by atoms with Crippen LogP contribution in [0.4, 0.5) is 5.69 Å². The second-order valence-electron chi connectivity index (χ2n) is 7.76. The Hall–Kier alpha value is -2.95. The van der Waals surface area contributed by atoms with Gasteiger partial charge in [0.05, 0.1) is 6.61 Å². The Morgan fingerprint density at radius 1 is 0.867 bits per heavy atom. The van der Waals surface area contributed by atoms with Gasteiger partial charge in [0.15, 0.2) is 0 Å². The highest BCUT2D eigenvalue weighted by Crippen LogP contribution is 2.25. The van der Waals surface area contributed by atoms with Crippen LogP contribution >= 0.6 is 0 Å². The van der Waals surface area contributed by atoms with Gasteiger partial charge in [-0.3, -0.25) is 9.69 Å². The average molecular weight is 403 g/mol. The highest BCUT2D eigenvalue weighted by molar-refractivity contribution is 5.95. The Morgan fingerprint density at radius 3 is 2.03 bits per heavy atom. The van der Waals surface area contributed by atoms with E-state index in [1.807, 2.05) is 89.8 Å². The van der Waals surface area contributed by atoms with Gasteiger partial charge in [-0.15, -0.1) is 0 Å². The molecule has 0 spiro atoms. The number of hydrogen-bond donors (Lipinski definition) is 2. The van der Waals surface area contributed by atoms with Crippen molar-refractivity contribution in [3.05, 3.63) is 102 Å². The number of hydrogen-bond acceptors (Lipinski definition) is 3. The molecular weight excluding hydrogens is 372 g/mol. The van der Waals surface area contributed by atoms with Crippen LogP contribution in [-0.2, 0) is 11.3 Å². The number of carbonyl (C=O) groups excluding carboxylic acids is 1. The van der Waals surface area contributed by atoms with Gasteiger partial charge in [-0.2, -0.15) is 0 Å². The molecule has 0 aliphatic heterocycles. The summed E-state index contributed by atoms with van der Waals surface area (Å²) >= 11 is 0. The molecule has 4 nitrogen and oxygen atoms in total. The van der Waals surface area contributed by atoms with Crippen molar-refractivity contribution in [3.63, 3.8) is 0 Å². The Bertz CT molecular complexity index is 909. The summed E-state index contributed by atoms with van der Waals surface area (Å²) in [6.07, 6.45) is 0. The monoisotopic (exact) mass is 402 g/mol. The molecule has 0 bridgehead atoms. The molecule has 1 amide bonds. The molecule has 30 heavy (non-hydrogen) atoms. The summed E-state index contributed by atoms with van der Waals surface area (Å²) in [4.78, 5) is 15.4. The smallest absolute Gasteiger partial charge is 0.246 e. The Morgan fingerprint density at radius 2 is 1.47 bits per heavy atom. The first-order valence-corrected chi connectivity index (χ1v) is 10.4. The zero-order valence-electron chi connectivity index (χ0n) is 17.7. The lowest BCUT2D eigenvalue weighted by Crippen LogP contribution is -2.38. The largest absolute Gasteiger partial charge is 0.395 e. The molecule has 3 aromatic carbocycles. The van der Waals surface area contributed by atoms with Crippen molar-refractivity contribution in [2.75, 3.05) is 18.5 Å². The standard InChI is InChI=1S/C26H30N2O2/c1-20(2)22-13-15-24(16-14-22)27-26(30)25(23-11-7-4-8-12-23)28(17-18-29)19-21-9-5-3-6-10-21/h3-16,20,25,29H,17-19H2,1-2H3,(H,27,30)/t25-/m1/s1. The fourth-order valence-corrected chi connectivity index (χ4v) is 3.57. The highest BCUT2D eigenvalue weighted by atomic mass is 16.3. The first-order valence-electron chi connectivity index (χ1n) is 10.4. The number of nitrogens with zero attached hydrogens (tertiary/aromatic N) is 1. The van der Waals surface area contributed by atoms with Crippen LogP contribution in [0.25, 0.3) is 0 Å². The maximum Gasteiger partial charge on any atom is 0.246 e. The predicted octanol–water partition coefficient (Wildman–Crippen LogP) is 4.98. The third-order valence-electron chi connectivity index (χ3n) is 5.19. The summed E-state index contributed by atoms with van der Waals surface area (Å²) in [5.41, 5.74) is 4.01. The molecule has 4 heteroatoms. The third kappa shape index (κ3) is 5.78. The number of anilines is 1. The Kier molecular flexibility index (Phi) is 7.77. The lowest BCUT2D eigenvalue weighted by molar-refractivity contribution is -0.122. The Labute approximate surface area is 179 Å². The predicted molar refractivity (Wildman–Crippen MR) is 122 cm³/mol. The summed E-state index contributed by atoms with van der Waals surface area (Å²) in [7, 11) is 0. The number of aliphatic hydroxyl groups excluding tert-OH is 1. The summed E-state index contributed by atoms with van der Waals surface area (Å²) < 4.78 is 0. The second-order valence-corrected chi connectivity index (χ2v) is 7.76. The summed E-state index contributed by atoms with van der Waals surface area (Å²) in [5.74, 6) is 0.334. The van der Waals surface area contributed by atoms with Gasteiger partial charge in [0, 0.05) is 18.8 Å². The first-order chi connectivity index (χ1) is 14.6. The normalized spacial score (nSPS) is 12.2. The highest BCUT2D eigenvalue weighted by Gasteiger charge is 2.27. The quantitative estimate of drug-likeness (QED) is 0.530. The van der Waals surface area contributed by atoms with Crippen LogP contribution in [0.15, 0.2) is 84.9 Å². The number of rotatable bonds is 9. The second kappa shape index (κ2) is 10.7. The molecule has 0 radical (unpaired) electrons. The minimum Gasteiger partial charge on any atom is -0.395 e. The molecule has 2 N–H and O–H groups in total. The molecule has 0 heterocycles. The van der Waals surface area contributed by atoms with Crippen LogP contribution in [0.2, 0.25) is 0 Å². The summed E-state index contributed by atoms with van der Waals surface area (Å²) in [6.45, 7) is 5.24. The van der Waals surface area contributed by atoms with Gasteiger partial charge in [0.25, 0.3) is 0 Å². The van der Waals surface area contributed by atoms with E-state index in [0.29, 0.717) is 19.0 Å². The van der Waals surface area contributed by atoms with E-state index in [9.17, 15) is 9.90 Å². The minimum atomic E-state index is -0.511. The molecule has 156 valence electrons. The molecule has 3 aromatic rings. The number of aliphatic hydroxyl groups is 1. The average Bonchev–Trinajstić information content (AvgIpc) is 2.76. The zero-order chi connectivity index (χ0) is 21.3. The molecule has 0 fully saturated rings. The molecule has 0 saturated heterocycles. The summed E-state index contributed by atoms with van der Waals surface area (Å²) in [5, 5.41) is 12.8. The fourth-order valence-electron chi connectivity index (χ4n) is 3.57. The SMILES string of the molecule is CC(C)c1ccc(NC(=O)[C@@H](c2ccccc2)N(CCO)Cc2ccccc2)cc1.